The van der Waals surface area contributed by atoms with Crippen LogP contribution in [0.1, 0.15) is 10.4 Å². The van der Waals surface area contributed by atoms with Gasteiger partial charge in [0, 0.05) is 16.6 Å². The molecule has 0 aliphatic carbocycles. The number of nitrogens with zero attached hydrogens (tertiary/aromatic N) is 1. The minimum Gasteiger partial charge on any atom is -0.496 e. The van der Waals surface area contributed by atoms with E-state index in [9.17, 15) is 4.79 Å². The minimum atomic E-state index is -0.236. The van der Waals surface area contributed by atoms with Crippen molar-refractivity contribution in [2.75, 3.05) is 12.4 Å². The molecule has 0 aliphatic heterocycles. The molecular weight excluding hydrogens is 300 g/mol. The van der Waals surface area contributed by atoms with E-state index in [1.165, 1.54) is 7.11 Å². The van der Waals surface area contributed by atoms with Gasteiger partial charge >= 0.3 is 0 Å². The zero-order valence-electron chi connectivity index (χ0n) is 11.8. The number of amides is 1. The standard InChI is InChI=1S/C17H13ClN2O2/c1-22-16-5-3-2-4-13(16)17(21)20-14-8-9-19-15-10-11(18)6-7-12(14)15/h2-10H,1H3,(H,19,20,21). The van der Waals surface area contributed by atoms with Crippen molar-refractivity contribution in [3.05, 3.63) is 65.3 Å². The van der Waals surface area contributed by atoms with Crippen molar-refractivity contribution < 1.29 is 9.53 Å². The van der Waals surface area contributed by atoms with Gasteiger partial charge in [0.2, 0.25) is 0 Å². The van der Waals surface area contributed by atoms with Crippen LogP contribution in [-0.4, -0.2) is 18.0 Å². The minimum absolute atomic E-state index is 0.236. The molecule has 2 aromatic carbocycles. The Labute approximate surface area is 132 Å². The summed E-state index contributed by atoms with van der Waals surface area (Å²) in [5.74, 6) is 0.293. The quantitative estimate of drug-likeness (QED) is 0.790. The number of anilines is 1. The van der Waals surface area contributed by atoms with Gasteiger partial charge in [-0.25, -0.2) is 0 Å². The number of carbonyl (C=O) groups is 1. The van der Waals surface area contributed by atoms with Gasteiger partial charge in [-0.1, -0.05) is 23.7 Å². The summed E-state index contributed by atoms with van der Waals surface area (Å²) in [6, 6.07) is 14.2. The lowest BCUT2D eigenvalue weighted by molar-refractivity contribution is 0.102. The molecule has 0 bridgehead atoms. The Hall–Kier alpha value is -2.59. The number of nitrogens with one attached hydrogen (secondary N) is 1. The molecule has 0 unspecified atom stereocenters. The molecule has 4 nitrogen and oxygen atoms in total. The average molecular weight is 313 g/mol. The van der Waals surface area contributed by atoms with Gasteiger partial charge in [-0.05, 0) is 36.4 Å². The second-order valence-electron chi connectivity index (χ2n) is 4.67. The Kier molecular flexibility index (Phi) is 3.94. The first-order valence-corrected chi connectivity index (χ1v) is 7.05. The number of fused-ring (bicyclic) bond motifs is 1. The van der Waals surface area contributed by atoms with E-state index in [1.54, 1.807) is 42.6 Å². The monoisotopic (exact) mass is 312 g/mol. The Morgan fingerprint density at radius 3 is 2.82 bits per heavy atom. The Balaban J connectivity index is 1.98. The predicted molar refractivity (Wildman–Crippen MR) is 87.7 cm³/mol. The van der Waals surface area contributed by atoms with Crippen molar-refractivity contribution in [1.29, 1.82) is 0 Å². The van der Waals surface area contributed by atoms with Gasteiger partial charge < -0.3 is 10.1 Å². The number of hydrogen-bond acceptors (Lipinski definition) is 3. The van der Waals surface area contributed by atoms with E-state index in [1.807, 2.05) is 12.1 Å². The van der Waals surface area contributed by atoms with E-state index in [0.717, 1.165) is 10.9 Å². The van der Waals surface area contributed by atoms with E-state index in [-0.39, 0.29) is 5.91 Å². The summed E-state index contributed by atoms with van der Waals surface area (Å²) >= 11 is 5.97. The molecule has 1 aromatic heterocycles. The molecule has 0 spiro atoms. The van der Waals surface area contributed by atoms with E-state index in [4.69, 9.17) is 16.3 Å². The fourth-order valence-corrected chi connectivity index (χ4v) is 2.42. The van der Waals surface area contributed by atoms with Crippen LogP contribution in [0.4, 0.5) is 5.69 Å². The first kappa shape index (κ1) is 14.4. The maximum Gasteiger partial charge on any atom is 0.259 e. The number of benzene rings is 2. The summed E-state index contributed by atoms with van der Waals surface area (Å²) in [7, 11) is 1.54. The van der Waals surface area contributed by atoms with Crippen LogP contribution in [0.2, 0.25) is 5.02 Å². The molecule has 5 heteroatoms. The van der Waals surface area contributed by atoms with Crippen LogP contribution in [0.3, 0.4) is 0 Å². The summed E-state index contributed by atoms with van der Waals surface area (Å²) < 4.78 is 5.22. The molecule has 1 N–H and O–H groups in total. The summed E-state index contributed by atoms with van der Waals surface area (Å²) in [5.41, 5.74) is 1.88. The number of hydrogen-bond donors (Lipinski definition) is 1. The van der Waals surface area contributed by atoms with E-state index >= 15 is 0 Å². The van der Waals surface area contributed by atoms with Crippen LogP contribution in [0.15, 0.2) is 54.7 Å². The van der Waals surface area contributed by atoms with Gasteiger partial charge in [0.1, 0.15) is 5.75 Å². The summed E-state index contributed by atoms with van der Waals surface area (Å²) in [6.07, 6.45) is 1.64. The van der Waals surface area contributed by atoms with Crippen LogP contribution < -0.4 is 10.1 Å². The zero-order valence-corrected chi connectivity index (χ0v) is 12.6. The van der Waals surface area contributed by atoms with Gasteiger partial charge in [-0.15, -0.1) is 0 Å². The highest BCUT2D eigenvalue weighted by Gasteiger charge is 2.13. The molecule has 0 radical (unpaired) electrons. The molecule has 1 amide bonds. The zero-order chi connectivity index (χ0) is 15.5. The van der Waals surface area contributed by atoms with E-state index in [2.05, 4.69) is 10.3 Å². The predicted octanol–water partition coefficient (Wildman–Crippen LogP) is 4.15. The number of para-hydroxylation sites is 1. The topological polar surface area (TPSA) is 51.2 Å². The third kappa shape index (κ3) is 2.73. The van der Waals surface area contributed by atoms with Crippen LogP contribution in [0.5, 0.6) is 5.75 Å². The maximum absolute atomic E-state index is 12.5. The van der Waals surface area contributed by atoms with E-state index < -0.39 is 0 Å². The molecule has 1 heterocycles. The van der Waals surface area contributed by atoms with Gasteiger partial charge in [0.25, 0.3) is 5.91 Å². The Morgan fingerprint density at radius 1 is 1.18 bits per heavy atom. The Morgan fingerprint density at radius 2 is 2.00 bits per heavy atom. The largest absolute Gasteiger partial charge is 0.496 e. The van der Waals surface area contributed by atoms with Crippen LogP contribution in [0, 0.1) is 0 Å². The van der Waals surface area contributed by atoms with Gasteiger partial charge in [-0.2, -0.15) is 0 Å². The van der Waals surface area contributed by atoms with Crippen LogP contribution >= 0.6 is 11.6 Å². The molecule has 3 rings (SSSR count). The van der Waals surface area contributed by atoms with Gasteiger partial charge in [-0.3, -0.25) is 9.78 Å². The number of halogens is 1. The lowest BCUT2D eigenvalue weighted by atomic mass is 10.1. The first-order chi connectivity index (χ1) is 10.7. The molecule has 0 saturated heterocycles. The normalized spacial score (nSPS) is 10.5. The van der Waals surface area contributed by atoms with Crippen molar-refractivity contribution in [3.8, 4) is 5.75 Å². The van der Waals surface area contributed by atoms with Crippen molar-refractivity contribution in [2.45, 2.75) is 0 Å². The first-order valence-electron chi connectivity index (χ1n) is 6.67. The van der Waals surface area contributed by atoms with Crippen LogP contribution in [-0.2, 0) is 0 Å². The van der Waals surface area contributed by atoms with Crippen molar-refractivity contribution in [1.82, 2.24) is 4.98 Å². The summed E-state index contributed by atoms with van der Waals surface area (Å²) in [5, 5.41) is 4.33. The number of carbonyl (C=O) groups excluding carboxylic acids is 1. The SMILES string of the molecule is COc1ccccc1C(=O)Nc1ccnc2cc(Cl)ccc12. The van der Waals surface area contributed by atoms with E-state index in [0.29, 0.717) is 22.0 Å². The number of methoxy groups -OCH3 is 1. The van der Waals surface area contributed by atoms with Crippen LogP contribution in [0.25, 0.3) is 10.9 Å². The maximum atomic E-state index is 12.5. The van der Waals surface area contributed by atoms with Gasteiger partial charge in [0.05, 0.1) is 23.9 Å². The van der Waals surface area contributed by atoms with Crippen molar-refractivity contribution in [2.24, 2.45) is 0 Å². The average Bonchev–Trinajstić information content (AvgIpc) is 2.54. The third-order valence-electron chi connectivity index (χ3n) is 3.30. The molecule has 110 valence electrons. The summed E-state index contributed by atoms with van der Waals surface area (Å²) in [6.45, 7) is 0. The smallest absolute Gasteiger partial charge is 0.259 e. The molecule has 0 saturated carbocycles. The third-order valence-corrected chi connectivity index (χ3v) is 3.54. The number of pyridine rings is 1. The van der Waals surface area contributed by atoms with Gasteiger partial charge in [0.15, 0.2) is 0 Å². The number of rotatable bonds is 3. The Bertz CT molecular complexity index is 849. The number of ether oxygens (including phenoxy) is 1. The van der Waals surface area contributed by atoms with Crippen molar-refractivity contribution >= 4 is 34.1 Å². The lowest BCUT2D eigenvalue weighted by Gasteiger charge is -2.11. The molecule has 22 heavy (non-hydrogen) atoms. The number of aromatic nitrogens is 1. The van der Waals surface area contributed by atoms with Crippen molar-refractivity contribution in [3.63, 3.8) is 0 Å². The highest BCUT2D eigenvalue weighted by atomic mass is 35.5. The highest BCUT2D eigenvalue weighted by Crippen LogP contribution is 2.26. The second-order valence-corrected chi connectivity index (χ2v) is 5.11. The lowest BCUT2D eigenvalue weighted by Crippen LogP contribution is -2.13. The molecule has 0 aliphatic rings. The highest BCUT2D eigenvalue weighted by molar-refractivity contribution is 6.31. The molecule has 3 aromatic rings. The second kappa shape index (κ2) is 6.03. The molecule has 0 fully saturated rings. The fraction of sp³-hybridized carbons (Fsp3) is 0.0588. The fourth-order valence-electron chi connectivity index (χ4n) is 2.25. The molecular formula is C17H13ClN2O2. The summed E-state index contributed by atoms with van der Waals surface area (Å²) in [4.78, 5) is 16.7. The molecule has 0 atom stereocenters.